The van der Waals surface area contributed by atoms with E-state index in [2.05, 4.69) is 67.5 Å². The van der Waals surface area contributed by atoms with Gasteiger partial charge in [-0.15, -0.1) is 12.3 Å². The van der Waals surface area contributed by atoms with Crippen LogP contribution in [0.25, 0.3) is 0 Å². The first-order valence-electron chi connectivity index (χ1n) is 7.10. The van der Waals surface area contributed by atoms with Gasteiger partial charge in [0.25, 0.3) is 0 Å². The average molecular weight is 254 g/mol. The quantitative estimate of drug-likeness (QED) is 0.343. The highest BCUT2D eigenvalue weighted by Crippen LogP contribution is 1.95. The lowest BCUT2D eigenvalue weighted by Crippen LogP contribution is -1.64. The first-order valence-corrected chi connectivity index (χ1v) is 7.10. The third kappa shape index (κ3) is 16.3. The fraction of sp³-hybridized carbons (Fsp3) is 0.368. The van der Waals surface area contributed by atoms with Crippen molar-refractivity contribution in [2.75, 3.05) is 0 Å². The molecule has 0 aromatic heterocycles. The Balaban J connectivity index is 3.46. The third-order valence-electron chi connectivity index (χ3n) is 2.39. The first kappa shape index (κ1) is 17.3. The van der Waals surface area contributed by atoms with E-state index in [-0.39, 0.29) is 0 Å². The van der Waals surface area contributed by atoms with Crippen molar-refractivity contribution in [1.29, 1.82) is 0 Å². The molecule has 19 heavy (non-hydrogen) atoms. The highest BCUT2D eigenvalue weighted by molar-refractivity contribution is 5.02. The van der Waals surface area contributed by atoms with Gasteiger partial charge in [0.2, 0.25) is 0 Å². The van der Waals surface area contributed by atoms with E-state index in [9.17, 15) is 0 Å². The molecule has 0 aliphatic rings. The minimum atomic E-state index is 0.730. The molecule has 0 aromatic rings. The molecule has 0 fully saturated rings. The minimum absolute atomic E-state index is 0.730. The summed E-state index contributed by atoms with van der Waals surface area (Å²) in [4.78, 5) is 0. The van der Waals surface area contributed by atoms with E-state index in [1.54, 1.807) is 0 Å². The van der Waals surface area contributed by atoms with Crippen LogP contribution < -0.4 is 0 Å². The van der Waals surface area contributed by atoms with Crippen LogP contribution in [0.15, 0.2) is 60.8 Å². The zero-order chi connectivity index (χ0) is 14.0. The second-order valence-corrected chi connectivity index (χ2v) is 4.12. The van der Waals surface area contributed by atoms with E-state index in [0.29, 0.717) is 0 Å². The molecule has 0 heteroatoms. The fourth-order valence-electron chi connectivity index (χ4n) is 1.40. The first-order chi connectivity index (χ1) is 9.41. The molecule has 0 aromatic carbocycles. The van der Waals surface area contributed by atoms with Gasteiger partial charge in [-0.3, -0.25) is 0 Å². The van der Waals surface area contributed by atoms with Crippen molar-refractivity contribution >= 4 is 0 Å². The molecular weight excluding hydrogens is 228 g/mol. The van der Waals surface area contributed by atoms with E-state index >= 15 is 0 Å². The van der Waals surface area contributed by atoms with Crippen LogP contribution in [0.3, 0.4) is 0 Å². The Labute approximate surface area is 119 Å². The molecule has 0 radical (unpaired) electrons. The van der Waals surface area contributed by atoms with E-state index in [1.807, 2.05) is 6.08 Å². The normalized spacial score (nSPS) is 12.6. The molecule has 0 heterocycles. The number of hydrogen-bond donors (Lipinski definition) is 0. The molecule has 0 bridgehead atoms. The van der Waals surface area contributed by atoms with Crippen LogP contribution >= 0.6 is 0 Å². The lowest BCUT2D eigenvalue weighted by atomic mass is 10.2. The van der Waals surface area contributed by atoms with Gasteiger partial charge in [0.05, 0.1) is 0 Å². The average Bonchev–Trinajstić information content (AvgIpc) is 2.43. The Morgan fingerprint density at radius 2 is 1.00 bits per heavy atom. The van der Waals surface area contributed by atoms with Gasteiger partial charge < -0.3 is 0 Å². The zero-order valence-corrected chi connectivity index (χ0v) is 12.1. The molecule has 102 valence electrons. The topological polar surface area (TPSA) is 0 Å². The summed E-state index contributed by atoms with van der Waals surface area (Å²) in [6.07, 6.45) is 32.8. The molecule has 0 rings (SSSR count). The summed E-state index contributed by atoms with van der Waals surface area (Å²) < 4.78 is 0. The SMILES string of the molecule is C#CC/C=C\C/C=C\C/C=C\C/C=C\C/C=C\CC. The molecular formula is C19H26. The lowest BCUT2D eigenvalue weighted by molar-refractivity contribution is 1.19. The smallest absolute Gasteiger partial charge is 0.0267 e. The maximum absolute atomic E-state index is 5.15. The van der Waals surface area contributed by atoms with E-state index in [1.165, 1.54) is 0 Å². The summed E-state index contributed by atoms with van der Waals surface area (Å²) in [6, 6.07) is 0. The molecule has 0 aliphatic carbocycles. The number of rotatable bonds is 10. The number of terminal acetylenes is 1. The van der Waals surface area contributed by atoms with E-state index in [4.69, 9.17) is 6.42 Å². The molecule has 0 atom stereocenters. The van der Waals surface area contributed by atoms with Gasteiger partial charge in [-0.1, -0.05) is 67.7 Å². The molecule has 0 spiro atoms. The molecule has 0 saturated carbocycles. The highest BCUT2D eigenvalue weighted by atomic mass is 13.8. The summed E-state index contributed by atoms with van der Waals surface area (Å²) in [5.41, 5.74) is 0. The van der Waals surface area contributed by atoms with Gasteiger partial charge in [0, 0.05) is 6.42 Å². The minimum Gasteiger partial charge on any atom is -0.120 e. The van der Waals surface area contributed by atoms with E-state index in [0.717, 1.165) is 38.5 Å². The van der Waals surface area contributed by atoms with Gasteiger partial charge in [-0.2, -0.15) is 0 Å². The Kier molecular flexibility index (Phi) is 14.8. The predicted octanol–water partition coefficient (Wildman–Crippen LogP) is 5.76. The Bertz CT molecular complexity index is 356. The maximum Gasteiger partial charge on any atom is 0.0267 e. The number of hydrogen-bond acceptors (Lipinski definition) is 0. The molecule has 0 aliphatic heterocycles. The van der Waals surface area contributed by atoms with Gasteiger partial charge >= 0.3 is 0 Å². The standard InChI is InChI=1S/C19H26/c1-3-5-7-9-11-13-15-17-19-18-16-14-12-10-8-6-4-2/h1,6-9,12-15,18-19H,4-5,10-11,16-17H2,2H3/b8-6-,9-7-,14-12-,15-13-,19-18-. The second kappa shape index (κ2) is 16.3. The van der Waals surface area contributed by atoms with Crippen molar-refractivity contribution in [3.8, 4) is 12.3 Å². The van der Waals surface area contributed by atoms with Crippen molar-refractivity contribution in [2.45, 2.75) is 45.4 Å². The van der Waals surface area contributed by atoms with Crippen molar-refractivity contribution in [3.05, 3.63) is 60.8 Å². The predicted molar refractivity (Wildman–Crippen MR) is 87.9 cm³/mol. The Hall–Kier alpha value is -1.74. The van der Waals surface area contributed by atoms with Gasteiger partial charge in [0.1, 0.15) is 0 Å². The monoisotopic (exact) mass is 254 g/mol. The summed E-state index contributed by atoms with van der Waals surface area (Å²) in [5.74, 6) is 2.58. The van der Waals surface area contributed by atoms with Crippen LogP contribution in [0, 0.1) is 12.3 Å². The van der Waals surface area contributed by atoms with Gasteiger partial charge in [-0.05, 0) is 32.1 Å². The largest absolute Gasteiger partial charge is 0.120 e. The summed E-state index contributed by atoms with van der Waals surface area (Å²) in [7, 11) is 0. The third-order valence-corrected chi connectivity index (χ3v) is 2.39. The molecule has 0 nitrogen and oxygen atoms in total. The molecule has 0 N–H and O–H groups in total. The highest BCUT2D eigenvalue weighted by Gasteiger charge is 1.75. The van der Waals surface area contributed by atoms with Crippen LogP contribution in [-0.2, 0) is 0 Å². The zero-order valence-electron chi connectivity index (χ0n) is 12.1. The molecule has 0 amide bonds. The van der Waals surface area contributed by atoms with Crippen LogP contribution in [0.2, 0.25) is 0 Å². The van der Waals surface area contributed by atoms with Crippen LogP contribution in [-0.4, -0.2) is 0 Å². The Morgan fingerprint density at radius 3 is 1.37 bits per heavy atom. The van der Waals surface area contributed by atoms with Crippen molar-refractivity contribution in [1.82, 2.24) is 0 Å². The lowest BCUT2D eigenvalue weighted by Gasteiger charge is -1.85. The van der Waals surface area contributed by atoms with Crippen molar-refractivity contribution < 1.29 is 0 Å². The van der Waals surface area contributed by atoms with Crippen molar-refractivity contribution in [2.24, 2.45) is 0 Å². The maximum atomic E-state index is 5.15. The summed E-state index contributed by atoms with van der Waals surface area (Å²) >= 11 is 0. The summed E-state index contributed by atoms with van der Waals surface area (Å²) in [6.45, 7) is 2.15. The summed E-state index contributed by atoms with van der Waals surface area (Å²) in [5, 5.41) is 0. The molecule has 0 unspecified atom stereocenters. The van der Waals surface area contributed by atoms with Crippen LogP contribution in [0.4, 0.5) is 0 Å². The van der Waals surface area contributed by atoms with Gasteiger partial charge in [-0.25, -0.2) is 0 Å². The van der Waals surface area contributed by atoms with Crippen LogP contribution in [0.5, 0.6) is 0 Å². The van der Waals surface area contributed by atoms with Gasteiger partial charge in [0.15, 0.2) is 0 Å². The fourth-order valence-corrected chi connectivity index (χ4v) is 1.40. The second-order valence-electron chi connectivity index (χ2n) is 4.12. The van der Waals surface area contributed by atoms with E-state index < -0.39 is 0 Å². The van der Waals surface area contributed by atoms with Crippen LogP contribution in [0.1, 0.15) is 45.4 Å². The molecule has 0 saturated heterocycles. The Morgan fingerprint density at radius 1 is 0.632 bits per heavy atom. The number of allylic oxidation sites excluding steroid dienone is 10. The van der Waals surface area contributed by atoms with Crippen molar-refractivity contribution in [3.63, 3.8) is 0 Å².